The van der Waals surface area contributed by atoms with Crippen LogP contribution >= 0.6 is 7.82 Å². The molecule has 0 saturated heterocycles. The summed E-state index contributed by atoms with van der Waals surface area (Å²) in [4.78, 5) is 35.8. The third-order valence-corrected chi connectivity index (χ3v) is 17.0. The molecule has 0 bridgehead atoms. The van der Waals surface area contributed by atoms with Crippen molar-refractivity contribution in [3.8, 4) is 0 Å². The Morgan fingerprint density at radius 1 is 0.380 bits per heavy atom. The Balaban J connectivity index is 3.93. The van der Waals surface area contributed by atoms with Crippen LogP contribution in [0.2, 0.25) is 0 Å². The zero-order valence-corrected chi connectivity index (χ0v) is 54.5. The van der Waals surface area contributed by atoms with E-state index in [1.165, 1.54) is 302 Å². The number of phosphoric ester groups is 1. The number of quaternary nitrogens is 1. The van der Waals surface area contributed by atoms with Gasteiger partial charge in [0, 0.05) is 12.8 Å². The number of likely N-dealkylation sites (N-methyl/N-ethyl adjacent to an activating group) is 1. The summed E-state index contributed by atoms with van der Waals surface area (Å²) in [7, 11) is 1.50. The topological polar surface area (TPSA) is 108 Å². The van der Waals surface area contributed by atoms with Gasteiger partial charge in [0.25, 0.3) is 0 Å². The lowest BCUT2D eigenvalue weighted by Crippen LogP contribution is -2.37. The fourth-order valence-corrected chi connectivity index (χ4v) is 11.4. The number of esters is 2. The van der Waals surface area contributed by atoms with Crippen LogP contribution in [-0.2, 0) is 32.7 Å². The minimum atomic E-state index is -4.38. The lowest BCUT2D eigenvalue weighted by molar-refractivity contribution is -0.870. The number of carbonyl (C=O) groups excluding carboxylic acids is 2. The number of hydrogen-bond acceptors (Lipinski definition) is 7. The fraction of sp³-hybridized carbons (Fsp3) is 0.942. The molecule has 2 unspecified atom stereocenters. The highest BCUT2D eigenvalue weighted by molar-refractivity contribution is 7.47. The lowest BCUT2D eigenvalue weighted by atomic mass is 10.0. The minimum absolute atomic E-state index is 0.0368. The standard InChI is InChI=1S/C69H136NO8P/c1-6-8-10-12-14-16-18-20-22-24-26-28-29-30-31-32-33-34-35-36-37-38-39-40-41-42-44-46-48-50-52-54-56-58-60-62-69(72)78-67(66-77-79(73,74)76-64-63-70(3,4)5)65-75-68(71)61-59-57-55-53-51-49-47-45-43-27-25-23-21-19-17-15-13-11-9-7-2/h24,26,67H,6-23,25,27-66H2,1-5H3/p+1/b26-24-. The molecule has 0 saturated carbocycles. The quantitative estimate of drug-likeness (QED) is 0.0211. The first-order valence-corrected chi connectivity index (χ1v) is 36.4. The second kappa shape index (κ2) is 61.3. The molecule has 0 aromatic rings. The van der Waals surface area contributed by atoms with Crippen LogP contribution in [0.3, 0.4) is 0 Å². The number of phosphoric acid groups is 1. The van der Waals surface area contributed by atoms with Gasteiger partial charge in [-0.15, -0.1) is 0 Å². The molecule has 0 aromatic heterocycles. The van der Waals surface area contributed by atoms with Gasteiger partial charge in [0.05, 0.1) is 27.7 Å². The summed E-state index contributed by atoms with van der Waals surface area (Å²) in [6.07, 6.45) is 74.7. The molecule has 0 radical (unpaired) electrons. The van der Waals surface area contributed by atoms with Gasteiger partial charge in [0.2, 0.25) is 0 Å². The number of unbranched alkanes of at least 4 members (excludes halogenated alkanes) is 50. The average Bonchev–Trinajstić information content (AvgIpc) is 3.41. The Morgan fingerprint density at radius 2 is 0.646 bits per heavy atom. The van der Waals surface area contributed by atoms with Crippen molar-refractivity contribution in [2.75, 3.05) is 47.5 Å². The number of hydrogen-bond donors (Lipinski definition) is 1. The molecule has 9 nitrogen and oxygen atoms in total. The second-order valence-corrected chi connectivity index (χ2v) is 26.7. The van der Waals surface area contributed by atoms with Gasteiger partial charge in [0.1, 0.15) is 19.8 Å². The summed E-state index contributed by atoms with van der Waals surface area (Å²) in [6, 6.07) is 0. The van der Waals surface area contributed by atoms with Crippen LogP contribution in [0.1, 0.15) is 367 Å². The Bertz CT molecular complexity index is 1340. The maximum atomic E-state index is 12.9. The van der Waals surface area contributed by atoms with Crippen molar-refractivity contribution in [1.82, 2.24) is 0 Å². The van der Waals surface area contributed by atoms with E-state index in [4.69, 9.17) is 18.5 Å². The molecule has 470 valence electrons. The largest absolute Gasteiger partial charge is 0.472 e. The van der Waals surface area contributed by atoms with Gasteiger partial charge >= 0.3 is 19.8 Å². The normalized spacial score (nSPS) is 13.1. The van der Waals surface area contributed by atoms with Gasteiger partial charge in [-0.25, -0.2) is 4.57 Å². The zero-order valence-electron chi connectivity index (χ0n) is 53.7. The van der Waals surface area contributed by atoms with E-state index in [1.54, 1.807) is 0 Å². The molecule has 0 aliphatic rings. The number of carbonyl (C=O) groups is 2. The summed E-state index contributed by atoms with van der Waals surface area (Å²) >= 11 is 0. The number of ether oxygens (including phenoxy) is 2. The molecule has 10 heteroatoms. The van der Waals surface area contributed by atoms with Crippen molar-refractivity contribution in [2.24, 2.45) is 0 Å². The van der Waals surface area contributed by atoms with E-state index in [0.29, 0.717) is 17.4 Å². The Hall–Kier alpha value is -1.25. The molecule has 0 fully saturated rings. The molecule has 0 aliphatic carbocycles. The molecule has 79 heavy (non-hydrogen) atoms. The summed E-state index contributed by atoms with van der Waals surface area (Å²) in [6.45, 7) is 4.52. The predicted molar refractivity (Wildman–Crippen MR) is 340 cm³/mol. The molecule has 0 amide bonds. The molecular formula is C69H137NO8P+. The second-order valence-electron chi connectivity index (χ2n) is 25.3. The van der Waals surface area contributed by atoms with E-state index >= 15 is 0 Å². The van der Waals surface area contributed by atoms with Gasteiger partial charge in [-0.1, -0.05) is 328 Å². The summed E-state index contributed by atoms with van der Waals surface area (Å²) in [5.74, 6) is -0.771. The number of allylic oxidation sites excluding steroid dienone is 2. The minimum Gasteiger partial charge on any atom is -0.462 e. The predicted octanol–water partition coefficient (Wildman–Crippen LogP) is 22.3. The fourth-order valence-electron chi connectivity index (χ4n) is 10.7. The van der Waals surface area contributed by atoms with Gasteiger partial charge < -0.3 is 18.9 Å². The SMILES string of the molecule is CCCCCCCCCC/C=C\CCCCCCCCCCCCCCCCCCCCCCCCCC(=O)OC(COC(=O)CCCCCCCCCCCCCCCCCCCCCC)COP(=O)(O)OCC[N+](C)(C)C. The average molecular weight is 1140 g/mol. The first-order valence-electron chi connectivity index (χ1n) is 34.9. The van der Waals surface area contributed by atoms with Gasteiger partial charge in [-0.05, 0) is 38.5 Å². The highest BCUT2D eigenvalue weighted by Gasteiger charge is 2.27. The van der Waals surface area contributed by atoms with Crippen LogP contribution < -0.4 is 0 Å². The highest BCUT2D eigenvalue weighted by Crippen LogP contribution is 2.43. The Kier molecular flexibility index (Phi) is 60.3. The summed E-state index contributed by atoms with van der Waals surface area (Å²) in [5.41, 5.74) is 0. The third kappa shape index (κ3) is 65.8. The maximum absolute atomic E-state index is 12.9. The van der Waals surface area contributed by atoms with Crippen LogP contribution in [0.25, 0.3) is 0 Å². The highest BCUT2D eigenvalue weighted by atomic mass is 31.2. The molecule has 0 rings (SSSR count). The summed E-state index contributed by atoms with van der Waals surface area (Å²) < 4.78 is 34.7. The van der Waals surface area contributed by atoms with E-state index in [0.717, 1.165) is 38.5 Å². The number of rotatable bonds is 66. The Morgan fingerprint density at radius 3 is 0.937 bits per heavy atom. The van der Waals surface area contributed by atoms with Crippen molar-refractivity contribution < 1.29 is 42.1 Å². The van der Waals surface area contributed by atoms with Crippen molar-refractivity contribution in [3.05, 3.63) is 12.2 Å². The van der Waals surface area contributed by atoms with E-state index in [2.05, 4.69) is 26.0 Å². The van der Waals surface area contributed by atoms with Crippen LogP contribution in [0.15, 0.2) is 12.2 Å². The van der Waals surface area contributed by atoms with E-state index in [-0.39, 0.29) is 25.6 Å². The molecule has 0 aliphatic heterocycles. The molecule has 0 heterocycles. The maximum Gasteiger partial charge on any atom is 0.472 e. The van der Waals surface area contributed by atoms with Gasteiger partial charge in [-0.2, -0.15) is 0 Å². The van der Waals surface area contributed by atoms with E-state index < -0.39 is 26.5 Å². The lowest BCUT2D eigenvalue weighted by Gasteiger charge is -2.24. The molecule has 1 N–H and O–H groups in total. The van der Waals surface area contributed by atoms with Crippen molar-refractivity contribution in [2.45, 2.75) is 373 Å². The van der Waals surface area contributed by atoms with Crippen LogP contribution in [0.4, 0.5) is 0 Å². The zero-order chi connectivity index (χ0) is 57.7. The monoisotopic (exact) mass is 1140 g/mol. The molecule has 0 spiro atoms. The van der Waals surface area contributed by atoms with Crippen molar-refractivity contribution in [3.63, 3.8) is 0 Å². The van der Waals surface area contributed by atoms with Crippen LogP contribution in [-0.4, -0.2) is 74.9 Å². The molecule has 0 aromatic carbocycles. The first-order chi connectivity index (χ1) is 38.5. The smallest absolute Gasteiger partial charge is 0.462 e. The Labute approximate surface area is 492 Å². The molecular weight excluding hydrogens is 1000 g/mol. The van der Waals surface area contributed by atoms with Crippen molar-refractivity contribution in [1.29, 1.82) is 0 Å². The van der Waals surface area contributed by atoms with Gasteiger partial charge in [-0.3, -0.25) is 18.6 Å². The van der Waals surface area contributed by atoms with E-state index in [1.807, 2.05) is 21.1 Å². The number of nitrogens with zero attached hydrogens (tertiary/aromatic N) is 1. The van der Waals surface area contributed by atoms with Gasteiger partial charge in [0.15, 0.2) is 6.10 Å². The first kappa shape index (κ1) is 77.8. The molecule has 2 atom stereocenters. The van der Waals surface area contributed by atoms with Crippen molar-refractivity contribution >= 4 is 19.8 Å². The summed E-state index contributed by atoms with van der Waals surface area (Å²) in [5, 5.41) is 0. The van der Waals surface area contributed by atoms with Crippen LogP contribution in [0, 0.1) is 0 Å². The van der Waals surface area contributed by atoms with E-state index in [9.17, 15) is 19.0 Å². The third-order valence-electron chi connectivity index (χ3n) is 16.0. The van der Waals surface area contributed by atoms with Crippen LogP contribution in [0.5, 0.6) is 0 Å².